The van der Waals surface area contributed by atoms with E-state index in [1.165, 1.54) is 31.2 Å². The molecule has 2 unspecified atom stereocenters. The second kappa shape index (κ2) is 6.57. The van der Waals surface area contributed by atoms with E-state index in [2.05, 4.69) is 15.9 Å². The van der Waals surface area contributed by atoms with Gasteiger partial charge in [0.25, 0.3) is 0 Å². The highest BCUT2D eigenvalue weighted by atomic mass is 79.9. The summed E-state index contributed by atoms with van der Waals surface area (Å²) in [5.74, 6) is -1.51. The van der Waals surface area contributed by atoms with Gasteiger partial charge < -0.3 is 9.67 Å². The summed E-state index contributed by atoms with van der Waals surface area (Å²) >= 11 is 8.78. The summed E-state index contributed by atoms with van der Waals surface area (Å²) in [5, 5.41) is 19.2. The van der Waals surface area contributed by atoms with E-state index in [0.717, 1.165) is 4.57 Å². The van der Waals surface area contributed by atoms with Gasteiger partial charge in [0.05, 0.1) is 21.1 Å². The van der Waals surface area contributed by atoms with Gasteiger partial charge in [0.15, 0.2) is 0 Å². The van der Waals surface area contributed by atoms with Crippen LogP contribution in [0.3, 0.4) is 0 Å². The molecule has 1 heterocycles. The van der Waals surface area contributed by atoms with E-state index in [9.17, 15) is 28.3 Å². The molecule has 1 fully saturated rings. The molecule has 2 atom stereocenters. The molecule has 0 spiro atoms. The number of carboxylic acid groups (broad SMARTS) is 1. The van der Waals surface area contributed by atoms with Crippen LogP contribution < -0.4 is 0 Å². The van der Waals surface area contributed by atoms with Crippen LogP contribution >= 0.6 is 27.5 Å². The lowest BCUT2D eigenvalue weighted by molar-refractivity contribution is -0.144. The van der Waals surface area contributed by atoms with Crippen molar-refractivity contribution in [2.24, 2.45) is 11.3 Å². The van der Waals surface area contributed by atoms with Crippen molar-refractivity contribution in [1.29, 1.82) is 5.26 Å². The summed E-state index contributed by atoms with van der Waals surface area (Å²) in [6, 6.07) is 7.94. The van der Waals surface area contributed by atoms with Crippen LogP contribution in [0, 0.1) is 22.7 Å². The van der Waals surface area contributed by atoms with E-state index in [-0.39, 0.29) is 28.7 Å². The monoisotopic (exact) mass is 460 g/mol. The molecule has 0 bridgehead atoms. The van der Waals surface area contributed by atoms with Gasteiger partial charge in [-0.3, -0.25) is 4.79 Å². The van der Waals surface area contributed by atoms with Crippen LogP contribution in [-0.4, -0.2) is 15.6 Å². The van der Waals surface area contributed by atoms with E-state index < -0.39 is 29.2 Å². The summed E-state index contributed by atoms with van der Waals surface area (Å²) < 4.78 is 41.9. The van der Waals surface area contributed by atoms with Crippen molar-refractivity contribution < 1.29 is 23.1 Å². The highest BCUT2D eigenvalue weighted by Crippen LogP contribution is 2.55. The predicted octanol–water partition coefficient (Wildman–Crippen LogP) is 5.57. The second-order valence-electron chi connectivity index (χ2n) is 6.74. The molecule has 142 valence electrons. The number of carboxylic acids is 1. The fourth-order valence-electron chi connectivity index (χ4n) is 3.26. The van der Waals surface area contributed by atoms with E-state index in [4.69, 9.17) is 11.6 Å². The SMILES string of the molecule is CC1(C(=O)O)CC1Cn1c(-c2ccc(Cl)cc2)c(C#N)c(Br)c1C(F)(F)F. The van der Waals surface area contributed by atoms with Gasteiger partial charge in [0.2, 0.25) is 0 Å². The zero-order valence-corrected chi connectivity index (χ0v) is 16.3. The van der Waals surface area contributed by atoms with Crippen LogP contribution in [0.2, 0.25) is 5.02 Å². The zero-order chi connectivity index (χ0) is 20.1. The number of nitrogens with zero attached hydrogens (tertiary/aromatic N) is 2. The van der Waals surface area contributed by atoms with Crippen LogP contribution in [0.4, 0.5) is 13.2 Å². The Balaban J connectivity index is 2.21. The average molecular weight is 462 g/mol. The summed E-state index contributed by atoms with van der Waals surface area (Å²) in [6.45, 7) is 1.36. The molecule has 0 saturated heterocycles. The Morgan fingerprint density at radius 1 is 1.44 bits per heavy atom. The van der Waals surface area contributed by atoms with Crippen LogP contribution in [-0.2, 0) is 17.5 Å². The first-order chi connectivity index (χ1) is 12.5. The minimum absolute atomic E-state index is 0.0907. The van der Waals surface area contributed by atoms with E-state index in [1.807, 2.05) is 6.07 Å². The molecule has 1 aliphatic rings. The fraction of sp³-hybridized carbons (Fsp3) is 0.333. The minimum atomic E-state index is -4.72. The standard InChI is InChI=1S/C18H13BrClF3N2O2/c1-17(16(26)27)6-10(17)8-25-14(9-2-4-11(20)5-3-9)12(7-24)13(19)15(25)18(21,22)23/h2-5,10H,6,8H2,1H3,(H,26,27). The first-order valence-electron chi connectivity index (χ1n) is 7.89. The molecule has 1 aromatic heterocycles. The van der Waals surface area contributed by atoms with Crippen molar-refractivity contribution in [2.75, 3.05) is 0 Å². The topological polar surface area (TPSA) is 66.0 Å². The van der Waals surface area contributed by atoms with Crippen molar-refractivity contribution in [3.05, 3.63) is 45.0 Å². The molecule has 0 aliphatic heterocycles. The molecule has 3 rings (SSSR count). The number of alkyl halides is 3. The van der Waals surface area contributed by atoms with Gasteiger partial charge in [0, 0.05) is 11.6 Å². The molecule has 1 N–H and O–H groups in total. The molecular weight excluding hydrogens is 449 g/mol. The lowest BCUT2D eigenvalue weighted by Gasteiger charge is -2.17. The number of rotatable bonds is 4. The predicted molar refractivity (Wildman–Crippen MR) is 96.1 cm³/mol. The van der Waals surface area contributed by atoms with Crippen LogP contribution in [0.5, 0.6) is 0 Å². The molecule has 1 aromatic carbocycles. The number of hydrogen-bond donors (Lipinski definition) is 1. The minimum Gasteiger partial charge on any atom is -0.481 e. The van der Waals surface area contributed by atoms with Crippen molar-refractivity contribution in [1.82, 2.24) is 4.57 Å². The average Bonchev–Trinajstić information content (AvgIpc) is 3.13. The lowest BCUT2D eigenvalue weighted by atomic mass is 10.1. The number of aliphatic carboxylic acids is 1. The Labute approximate surface area is 166 Å². The molecule has 4 nitrogen and oxygen atoms in total. The third-order valence-corrected chi connectivity index (χ3v) is 6.03. The summed E-state index contributed by atoms with van der Waals surface area (Å²) in [5.41, 5.74) is -1.73. The van der Waals surface area contributed by atoms with Gasteiger partial charge in [0.1, 0.15) is 11.8 Å². The summed E-state index contributed by atoms with van der Waals surface area (Å²) in [6.07, 6.45) is -4.44. The van der Waals surface area contributed by atoms with Crippen LogP contribution in [0.1, 0.15) is 24.6 Å². The Kier molecular flexibility index (Phi) is 4.81. The number of aromatic nitrogens is 1. The number of hydrogen-bond acceptors (Lipinski definition) is 2. The first-order valence-corrected chi connectivity index (χ1v) is 9.06. The Morgan fingerprint density at radius 2 is 2.04 bits per heavy atom. The molecule has 9 heteroatoms. The van der Waals surface area contributed by atoms with Gasteiger partial charge in [-0.1, -0.05) is 23.7 Å². The number of nitriles is 1. The van der Waals surface area contributed by atoms with Crippen molar-refractivity contribution in [3.63, 3.8) is 0 Å². The number of carbonyl (C=O) groups is 1. The van der Waals surface area contributed by atoms with Gasteiger partial charge in [-0.05, 0) is 52.9 Å². The number of halogens is 5. The molecular formula is C18H13BrClF3N2O2. The molecule has 1 aliphatic carbocycles. The molecule has 0 amide bonds. The number of benzene rings is 1. The summed E-state index contributed by atoms with van der Waals surface area (Å²) in [4.78, 5) is 11.4. The maximum Gasteiger partial charge on any atom is 0.432 e. The fourth-order valence-corrected chi connectivity index (χ4v) is 4.10. The van der Waals surface area contributed by atoms with Gasteiger partial charge in [-0.2, -0.15) is 18.4 Å². The van der Waals surface area contributed by atoms with Crippen molar-refractivity contribution in [3.8, 4) is 17.3 Å². The molecule has 27 heavy (non-hydrogen) atoms. The third kappa shape index (κ3) is 3.34. The molecule has 1 saturated carbocycles. The zero-order valence-electron chi connectivity index (χ0n) is 13.9. The Bertz CT molecular complexity index is 963. The molecule has 0 radical (unpaired) electrons. The molecule has 2 aromatic rings. The lowest BCUT2D eigenvalue weighted by Crippen LogP contribution is -2.20. The maximum absolute atomic E-state index is 13.7. The maximum atomic E-state index is 13.7. The van der Waals surface area contributed by atoms with Crippen LogP contribution in [0.25, 0.3) is 11.3 Å². The second-order valence-corrected chi connectivity index (χ2v) is 7.97. The Hall–Kier alpha value is -1.98. The first kappa shape index (κ1) is 19.8. The van der Waals surface area contributed by atoms with E-state index in [0.29, 0.717) is 10.6 Å². The van der Waals surface area contributed by atoms with Crippen LogP contribution in [0.15, 0.2) is 28.7 Å². The Morgan fingerprint density at radius 3 is 2.48 bits per heavy atom. The highest BCUT2D eigenvalue weighted by molar-refractivity contribution is 9.10. The highest BCUT2D eigenvalue weighted by Gasteiger charge is 2.57. The van der Waals surface area contributed by atoms with Gasteiger partial charge in [-0.15, -0.1) is 0 Å². The van der Waals surface area contributed by atoms with Gasteiger partial charge in [-0.25, -0.2) is 0 Å². The van der Waals surface area contributed by atoms with E-state index >= 15 is 0 Å². The van der Waals surface area contributed by atoms with Gasteiger partial charge >= 0.3 is 12.1 Å². The third-order valence-electron chi connectivity index (χ3n) is 5.00. The van der Waals surface area contributed by atoms with Crippen molar-refractivity contribution in [2.45, 2.75) is 26.1 Å². The van der Waals surface area contributed by atoms with Crippen molar-refractivity contribution >= 4 is 33.5 Å². The summed E-state index contributed by atoms with van der Waals surface area (Å²) in [7, 11) is 0. The largest absolute Gasteiger partial charge is 0.481 e. The smallest absolute Gasteiger partial charge is 0.432 e. The normalized spacial score (nSPS) is 21.7. The quantitative estimate of drug-likeness (QED) is 0.647. The van der Waals surface area contributed by atoms with E-state index in [1.54, 1.807) is 0 Å².